The van der Waals surface area contributed by atoms with Crippen LogP contribution in [-0.4, -0.2) is 53.0 Å². The lowest BCUT2D eigenvalue weighted by Crippen LogP contribution is -2.50. The van der Waals surface area contributed by atoms with E-state index in [4.69, 9.17) is 9.47 Å². The van der Waals surface area contributed by atoms with Crippen molar-refractivity contribution in [1.29, 1.82) is 0 Å². The second-order valence-corrected chi connectivity index (χ2v) is 5.39. The number of β-amino-alcohol motifs (C(OH)–C–C–N with tert-alkyl or cyclic N) is 1. The highest BCUT2D eigenvalue weighted by Gasteiger charge is 2.72. The number of epoxide rings is 1. The average Bonchev–Trinajstić information content (AvgIpc) is 3.06. The van der Waals surface area contributed by atoms with Gasteiger partial charge in [0.1, 0.15) is 18.3 Å². The Bertz CT molecular complexity index is 519. The van der Waals surface area contributed by atoms with Gasteiger partial charge in [-0.25, -0.2) is 0 Å². The first kappa shape index (κ1) is 11.4. The van der Waals surface area contributed by atoms with Crippen LogP contribution in [0.2, 0.25) is 0 Å². The summed E-state index contributed by atoms with van der Waals surface area (Å²) in [4.78, 5) is 14.2. The van der Waals surface area contributed by atoms with E-state index < -0.39 is 11.7 Å². The lowest BCUT2D eigenvalue weighted by Gasteiger charge is -2.25. The van der Waals surface area contributed by atoms with E-state index >= 15 is 0 Å². The lowest BCUT2D eigenvalue weighted by atomic mass is 9.95. The van der Waals surface area contributed by atoms with Crippen LogP contribution in [0.3, 0.4) is 0 Å². The van der Waals surface area contributed by atoms with Crippen LogP contribution in [0.4, 0.5) is 0 Å². The molecule has 1 aromatic carbocycles. The van der Waals surface area contributed by atoms with Crippen LogP contribution in [-0.2, 0) is 20.8 Å². The van der Waals surface area contributed by atoms with Crippen LogP contribution >= 0.6 is 0 Å². The Morgan fingerprint density at radius 3 is 2.79 bits per heavy atom. The van der Waals surface area contributed by atoms with E-state index in [0.29, 0.717) is 19.7 Å². The van der Waals surface area contributed by atoms with Crippen molar-refractivity contribution in [3.63, 3.8) is 0 Å². The summed E-state index contributed by atoms with van der Waals surface area (Å²) in [6.45, 7) is 1.21. The van der Waals surface area contributed by atoms with E-state index in [2.05, 4.69) is 0 Å². The van der Waals surface area contributed by atoms with Crippen molar-refractivity contribution in [3.8, 4) is 0 Å². The van der Waals surface area contributed by atoms with Gasteiger partial charge in [-0.1, -0.05) is 30.3 Å². The summed E-state index contributed by atoms with van der Waals surface area (Å²) in [5.41, 5.74) is -0.0919. The fourth-order valence-electron chi connectivity index (χ4n) is 3.18. The van der Waals surface area contributed by atoms with Crippen molar-refractivity contribution in [1.82, 2.24) is 4.90 Å². The minimum Gasteiger partial charge on any atom is -0.388 e. The Morgan fingerprint density at radius 2 is 2.16 bits per heavy atom. The van der Waals surface area contributed by atoms with Crippen LogP contribution < -0.4 is 0 Å². The number of hydrogen-bond donors (Lipinski definition) is 1. The zero-order valence-corrected chi connectivity index (χ0v) is 10.4. The lowest BCUT2D eigenvalue weighted by molar-refractivity contribution is -0.159. The summed E-state index contributed by atoms with van der Waals surface area (Å²) in [7, 11) is 0. The number of aliphatic hydroxyl groups is 1. The molecule has 4 rings (SSSR count). The number of hydrogen-bond acceptors (Lipinski definition) is 4. The van der Waals surface area contributed by atoms with Crippen LogP contribution in [0.5, 0.6) is 0 Å². The minimum absolute atomic E-state index is 0.00437. The fourth-order valence-corrected chi connectivity index (χ4v) is 3.18. The molecule has 3 fully saturated rings. The number of benzene rings is 1. The van der Waals surface area contributed by atoms with Gasteiger partial charge in [0.15, 0.2) is 0 Å². The molecule has 0 bridgehead atoms. The van der Waals surface area contributed by atoms with Gasteiger partial charge in [0.05, 0.1) is 13.2 Å². The maximum absolute atomic E-state index is 12.5. The number of ether oxygens (including phenoxy) is 2. The number of carbonyl (C=O) groups is 1. The van der Waals surface area contributed by atoms with Gasteiger partial charge in [-0.2, -0.15) is 0 Å². The Morgan fingerprint density at radius 1 is 1.37 bits per heavy atom. The van der Waals surface area contributed by atoms with E-state index in [9.17, 15) is 9.90 Å². The SMILES string of the molecule is O=C1N(Cc2ccccc2)C[C@@H](O)[C@]12OC[C@@H]1O[C@@H]12. The first-order valence-electron chi connectivity index (χ1n) is 6.52. The topological polar surface area (TPSA) is 62.3 Å². The van der Waals surface area contributed by atoms with Gasteiger partial charge >= 0.3 is 0 Å². The zero-order chi connectivity index (χ0) is 13.0. The van der Waals surface area contributed by atoms with Gasteiger partial charge in [0, 0.05) is 6.54 Å². The molecule has 4 atom stereocenters. The molecular formula is C14H15NO4. The normalized spacial score (nSPS) is 39.9. The third-order valence-electron chi connectivity index (χ3n) is 4.22. The molecule has 3 aliphatic rings. The molecule has 1 N–H and O–H groups in total. The number of rotatable bonds is 2. The van der Waals surface area contributed by atoms with Crippen molar-refractivity contribution in [2.75, 3.05) is 13.2 Å². The number of fused-ring (bicyclic) bond motifs is 2. The predicted octanol–water partition coefficient (Wildman–Crippen LogP) is -0.0739. The van der Waals surface area contributed by atoms with E-state index in [1.807, 2.05) is 30.3 Å². The Kier molecular flexibility index (Phi) is 2.27. The molecule has 5 nitrogen and oxygen atoms in total. The van der Waals surface area contributed by atoms with Crippen molar-refractivity contribution in [2.24, 2.45) is 0 Å². The van der Waals surface area contributed by atoms with Crippen LogP contribution in [0.25, 0.3) is 0 Å². The van der Waals surface area contributed by atoms with Gasteiger partial charge < -0.3 is 19.5 Å². The molecule has 1 aromatic rings. The molecule has 0 unspecified atom stereocenters. The molecule has 0 radical (unpaired) electrons. The first-order valence-corrected chi connectivity index (χ1v) is 6.52. The molecule has 3 saturated heterocycles. The molecule has 3 heterocycles. The van der Waals surface area contributed by atoms with E-state index in [0.717, 1.165) is 5.56 Å². The van der Waals surface area contributed by atoms with Crippen LogP contribution in [0, 0.1) is 0 Å². The van der Waals surface area contributed by atoms with E-state index in [1.165, 1.54) is 0 Å². The third-order valence-corrected chi connectivity index (χ3v) is 4.22. The maximum atomic E-state index is 12.5. The summed E-state index contributed by atoms with van der Waals surface area (Å²) < 4.78 is 11.0. The highest BCUT2D eigenvalue weighted by Crippen LogP contribution is 2.48. The van der Waals surface area contributed by atoms with Gasteiger partial charge in [0.25, 0.3) is 5.91 Å². The number of amides is 1. The third kappa shape index (κ3) is 1.49. The van der Waals surface area contributed by atoms with Gasteiger partial charge in [-0.15, -0.1) is 0 Å². The zero-order valence-electron chi connectivity index (χ0n) is 10.4. The van der Waals surface area contributed by atoms with E-state index in [-0.39, 0.29) is 18.1 Å². The highest BCUT2D eigenvalue weighted by atomic mass is 16.7. The van der Waals surface area contributed by atoms with Crippen molar-refractivity contribution in [2.45, 2.75) is 30.5 Å². The smallest absolute Gasteiger partial charge is 0.260 e. The molecule has 1 amide bonds. The quantitative estimate of drug-likeness (QED) is 0.757. The molecule has 0 saturated carbocycles. The Hall–Kier alpha value is -1.43. The van der Waals surface area contributed by atoms with Crippen LogP contribution in [0.1, 0.15) is 5.56 Å². The second-order valence-electron chi connectivity index (χ2n) is 5.39. The standard InChI is InChI=1S/C14H15NO4/c16-11-7-15(6-9-4-2-1-3-5-9)13(17)14(11)12-10(19-12)8-18-14/h1-5,10-12,16H,6-8H2/t10-,11+,12-,14+/m0/s1. The Labute approximate surface area is 110 Å². The molecule has 0 aromatic heterocycles. The summed E-state index contributed by atoms with van der Waals surface area (Å²) in [6, 6.07) is 9.75. The highest BCUT2D eigenvalue weighted by molar-refractivity contribution is 5.90. The molecule has 0 aliphatic carbocycles. The van der Waals surface area contributed by atoms with Crippen molar-refractivity contribution >= 4 is 5.91 Å². The number of likely N-dealkylation sites (tertiary alicyclic amines) is 1. The van der Waals surface area contributed by atoms with Crippen molar-refractivity contribution in [3.05, 3.63) is 35.9 Å². The monoisotopic (exact) mass is 261 g/mol. The van der Waals surface area contributed by atoms with Crippen LogP contribution in [0.15, 0.2) is 30.3 Å². The predicted molar refractivity (Wildman–Crippen MR) is 65.2 cm³/mol. The van der Waals surface area contributed by atoms with Gasteiger partial charge in [-0.3, -0.25) is 4.79 Å². The first-order chi connectivity index (χ1) is 9.22. The summed E-state index contributed by atoms with van der Waals surface area (Å²) in [5.74, 6) is -0.145. The summed E-state index contributed by atoms with van der Waals surface area (Å²) >= 11 is 0. The van der Waals surface area contributed by atoms with Crippen molar-refractivity contribution < 1.29 is 19.4 Å². The molecule has 1 spiro atoms. The van der Waals surface area contributed by atoms with Gasteiger partial charge in [0.2, 0.25) is 5.60 Å². The molecule has 19 heavy (non-hydrogen) atoms. The summed E-state index contributed by atoms with van der Waals surface area (Å²) in [5, 5.41) is 10.2. The molecular weight excluding hydrogens is 246 g/mol. The van der Waals surface area contributed by atoms with Gasteiger partial charge in [-0.05, 0) is 5.56 Å². The Balaban J connectivity index is 1.58. The number of carbonyl (C=O) groups excluding carboxylic acids is 1. The fraction of sp³-hybridized carbons (Fsp3) is 0.500. The largest absolute Gasteiger partial charge is 0.388 e. The average molecular weight is 261 g/mol. The number of nitrogens with zero attached hydrogens (tertiary/aromatic N) is 1. The second kappa shape index (κ2) is 3.79. The summed E-state index contributed by atoms with van der Waals surface area (Å²) in [6.07, 6.45) is -1.06. The molecule has 3 aliphatic heterocycles. The maximum Gasteiger partial charge on any atom is 0.260 e. The molecule has 100 valence electrons. The molecule has 5 heteroatoms. The number of aliphatic hydroxyl groups excluding tert-OH is 1. The van der Waals surface area contributed by atoms with E-state index in [1.54, 1.807) is 4.90 Å². The minimum atomic E-state index is -1.14.